The summed E-state index contributed by atoms with van der Waals surface area (Å²) in [6, 6.07) is 12.3. The Morgan fingerprint density at radius 2 is 2.04 bits per heavy atom. The van der Waals surface area contributed by atoms with E-state index < -0.39 is 0 Å². The van der Waals surface area contributed by atoms with Gasteiger partial charge >= 0.3 is 0 Å². The summed E-state index contributed by atoms with van der Waals surface area (Å²) in [7, 11) is 0. The van der Waals surface area contributed by atoms with E-state index in [-0.39, 0.29) is 5.91 Å². The second-order valence-electron chi connectivity index (χ2n) is 6.89. The highest BCUT2D eigenvalue weighted by Gasteiger charge is 2.19. The van der Waals surface area contributed by atoms with Gasteiger partial charge in [0.2, 0.25) is 5.91 Å². The molecule has 4 nitrogen and oxygen atoms in total. The van der Waals surface area contributed by atoms with Crippen LogP contribution in [0.25, 0.3) is 10.9 Å². The molecule has 2 aromatic heterocycles. The number of fused-ring (bicyclic) bond motifs is 3. The van der Waals surface area contributed by atoms with Crippen LogP contribution in [-0.4, -0.2) is 16.2 Å². The summed E-state index contributed by atoms with van der Waals surface area (Å²) in [5.41, 5.74) is 7.57. The van der Waals surface area contributed by atoms with Crippen molar-refractivity contribution in [2.45, 2.75) is 45.6 Å². The van der Waals surface area contributed by atoms with E-state index in [0.29, 0.717) is 13.0 Å². The van der Waals surface area contributed by atoms with Crippen molar-refractivity contribution in [3.05, 3.63) is 56.9 Å². The van der Waals surface area contributed by atoms with Crippen LogP contribution in [0.2, 0.25) is 4.34 Å². The number of nitrogens with one attached hydrogen (secondary N) is 1. The minimum Gasteiger partial charge on any atom is -0.344 e. The molecule has 140 valence electrons. The SMILES string of the molecule is C/C(=N/NC(=O)CCn1c2c(c3ccccc31)CCCC2)c1ccc(Cl)s1. The number of para-hydroxylation sites is 1. The second-order valence-corrected chi connectivity index (χ2v) is 8.60. The van der Waals surface area contributed by atoms with E-state index in [1.807, 2.05) is 19.1 Å². The highest BCUT2D eigenvalue weighted by atomic mass is 35.5. The van der Waals surface area contributed by atoms with Gasteiger partial charge in [0.05, 0.1) is 14.9 Å². The third-order valence-electron chi connectivity index (χ3n) is 5.13. The van der Waals surface area contributed by atoms with E-state index in [1.165, 1.54) is 46.3 Å². The van der Waals surface area contributed by atoms with E-state index in [2.05, 4.69) is 39.4 Å². The maximum atomic E-state index is 12.3. The van der Waals surface area contributed by atoms with Crippen molar-refractivity contribution < 1.29 is 4.79 Å². The van der Waals surface area contributed by atoms with Crippen molar-refractivity contribution in [1.82, 2.24) is 9.99 Å². The zero-order valence-electron chi connectivity index (χ0n) is 15.3. The van der Waals surface area contributed by atoms with E-state index in [1.54, 1.807) is 0 Å². The van der Waals surface area contributed by atoms with Crippen molar-refractivity contribution >= 4 is 45.5 Å². The Morgan fingerprint density at radius 3 is 2.85 bits per heavy atom. The van der Waals surface area contributed by atoms with Crippen molar-refractivity contribution in [3.8, 4) is 0 Å². The van der Waals surface area contributed by atoms with Gasteiger partial charge < -0.3 is 4.57 Å². The lowest BCUT2D eigenvalue weighted by molar-refractivity contribution is -0.121. The predicted molar refractivity (Wildman–Crippen MR) is 113 cm³/mol. The maximum Gasteiger partial charge on any atom is 0.241 e. The lowest BCUT2D eigenvalue weighted by Crippen LogP contribution is -2.21. The molecule has 0 saturated carbocycles. The van der Waals surface area contributed by atoms with Crippen LogP contribution in [0.15, 0.2) is 41.5 Å². The Bertz CT molecular complexity index is 1020. The van der Waals surface area contributed by atoms with Crippen LogP contribution in [0.1, 0.15) is 42.3 Å². The topological polar surface area (TPSA) is 46.4 Å². The van der Waals surface area contributed by atoms with Gasteiger partial charge in [0.15, 0.2) is 0 Å². The second kappa shape index (κ2) is 7.87. The Labute approximate surface area is 167 Å². The van der Waals surface area contributed by atoms with Crippen molar-refractivity contribution in [2.24, 2.45) is 5.10 Å². The number of benzene rings is 1. The third kappa shape index (κ3) is 3.80. The van der Waals surface area contributed by atoms with E-state index in [4.69, 9.17) is 11.6 Å². The number of aryl methyl sites for hydroxylation is 2. The first-order valence-corrected chi connectivity index (χ1v) is 10.5. The molecule has 0 saturated heterocycles. The highest BCUT2D eigenvalue weighted by molar-refractivity contribution is 7.18. The largest absolute Gasteiger partial charge is 0.344 e. The third-order valence-corrected chi connectivity index (χ3v) is 6.46. The summed E-state index contributed by atoms with van der Waals surface area (Å²) in [4.78, 5) is 13.3. The minimum absolute atomic E-state index is 0.0701. The smallest absolute Gasteiger partial charge is 0.241 e. The fraction of sp³-hybridized carbons (Fsp3) is 0.333. The molecule has 2 heterocycles. The van der Waals surface area contributed by atoms with Crippen LogP contribution in [0.3, 0.4) is 0 Å². The number of carbonyl (C=O) groups excluding carboxylic acids is 1. The zero-order chi connectivity index (χ0) is 18.8. The molecular weight excluding hydrogens is 378 g/mol. The zero-order valence-corrected chi connectivity index (χ0v) is 16.9. The lowest BCUT2D eigenvalue weighted by atomic mass is 9.95. The average Bonchev–Trinajstić information content (AvgIpc) is 3.26. The molecule has 27 heavy (non-hydrogen) atoms. The average molecular weight is 400 g/mol. The first-order chi connectivity index (χ1) is 13.1. The van der Waals surface area contributed by atoms with Crippen LogP contribution in [0.4, 0.5) is 0 Å². The van der Waals surface area contributed by atoms with Crippen molar-refractivity contribution in [2.75, 3.05) is 0 Å². The molecule has 0 fully saturated rings. The number of hydrogen-bond acceptors (Lipinski definition) is 3. The number of hydrazone groups is 1. The Kier molecular flexibility index (Phi) is 5.32. The molecule has 6 heteroatoms. The molecule has 1 aliphatic rings. The number of nitrogens with zero attached hydrogens (tertiary/aromatic N) is 2. The number of carbonyl (C=O) groups is 1. The number of rotatable bonds is 5. The summed E-state index contributed by atoms with van der Waals surface area (Å²) < 4.78 is 3.05. The van der Waals surface area contributed by atoms with Crippen molar-refractivity contribution in [1.29, 1.82) is 0 Å². The first kappa shape index (κ1) is 18.3. The molecule has 0 radical (unpaired) electrons. The number of halogens is 1. The molecule has 3 aromatic rings. The van der Waals surface area contributed by atoms with Gasteiger partial charge in [-0.3, -0.25) is 4.79 Å². The van der Waals surface area contributed by atoms with Gasteiger partial charge in [0.25, 0.3) is 0 Å². The Hall–Kier alpha value is -2.11. The standard InChI is InChI=1S/C21H22ClN3OS/c1-14(19-10-11-20(22)27-19)23-24-21(26)12-13-25-17-8-4-2-6-15(17)16-7-3-5-9-18(16)25/h2,4,6,8,10-11H,3,5,7,9,12-13H2,1H3,(H,24,26)/b23-14-. The molecule has 0 aliphatic heterocycles. The minimum atomic E-state index is -0.0701. The fourth-order valence-electron chi connectivity index (χ4n) is 3.82. The van der Waals surface area contributed by atoms with Gasteiger partial charge in [-0.1, -0.05) is 29.8 Å². The summed E-state index contributed by atoms with van der Waals surface area (Å²) in [5, 5.41) is 5.56. The predicted octanol–water partition coefficient (Wildman–Crippen LogP) is 5.17. The highest BCUT2D eigenvalue weighted by Crippen LogP contribution is 2.32. The first-order valence-electron chi connectivity index (χ1n) is 9.31. The van der Waals surface area contributed by atoms with Crippen LogP contribution in [-0.2, 0) is 24.2 Å². The quantitative estimate of drug-likeness (QED) is 0.467. The molecule has 1 aliphatic carbocycles. The summed E-state index contributed by atoms with van der Waals surface area (Å²) in [6.07, 6.45) is 5.13. The van der Waals surface area contributed by atoms with Crippen LogP contribution < -0.4 is 5.43 Å². The molecule has 1 aromatic carbocycles. The Balaban J connectivity index is 1.46. The monoisotopic (exact) mass is 399 g/mol. The molecule has 0 unspecified atom stereocenters. The van der Waals surface area contributed by atoms with Crippen LogP contribution in [0, 0.1) is 0 Å². The fourth-order valence-corrected chi connectivity index (χ4v) is 4.81. The van der Waals surface area contributed by atoms with Gasteiger partial charge in [0.1, 0.15) is 0 Å². The summed E-state index contributed by atoms with van der Waals surface area (Å²) in [5.74, 6) is -0.0701. The molecular formula is C21H22ClN3OS. The normalized spacial score (nSPS) is 14.4. The maximum absolute atomic E-state index is 12.3. The van der Waals surface area contributed by atoms with Crippen LogP contribution >= 0.6 is 22.9 Å². The molecule has 0 bridgehead atoms. The number of amides is 1. The van der Waals surface area contributed by atoms with Gasteiger partial charge in [-0.25, -0.2) is 5.43 Å². The van der Waals surface area contributed by atoms with Gasteiger partial charge in [0, 0.05) is 29.6 Å². The number of aromatic nitrogens is 1. The molecule has 4 rings (SSSR count). The summed E-state index contributed by atoms with van der Waals surface area (Å²) in [6.45, 7) is 2.55. The summed E-state index contributed by atoms with van der Waals surface area (Å²) >= 11 is 7.41. The number of hydrogen-bond donors (Lipinski definition) is 1. The van der Waals surface area contributed by atoms with Gasteiger partial charge in [-0.05, 0) is 56.4 Å². The lowest BCUT2D eigenvalue weighted by Gasteiger charge is -2.15. The Morgan fingerprint density at radius 1 is 1.22 bits per heavy atom. The number of thiophene rings is 1. The van der Waals surface area contributed by atoms with E-state index >= 15 is 0 Å². The molecule has 1 amide bonds. The van der Waals surface area contributed by atoms with Crippen molar-refractivity contribution in [3.63, 3.8) is 0 Å². The van der Waals surface area contributed by atoms with Gasteiger partial charge in [-0.15, -0.1) is 11.3 Å². The molecule has 0 atom stereocenters. The van der Waals surface area contributed by atoms with Crippen LogP contribution in [0.5, 0.6) is 0 Å². The van der Waals surface area contributed by atoms with Gasteiger partial charge in [-0.2, -0.15) is 5.10 Å². The van der Waals surface area contributed by atoms with E-state index in [0.717, 1.165) is 27.8 Å². The molecule has 0 spiro atoms. The van der Waals surface area contributed by atoms with E-state index in [9.17, 15) is 4.79 Å². The molecule has 1 N–H and O–H groups in total.